The van der Waals surface area contributed by atoms with E-state index in [2.05, 4.69) is 15.4 Å². The van der Waals surface area contributed by atoms with Gasteiger partial charge in [-0.3, -0.25) is 9.59 Å². The van der Waals surface area contributed by atoms with E-state index in [9.17, 15) is 9.59 Å². The molecule has 0 bridgehead atoms. The highest BCUT2D eigenvalue weighted by Crippen LogP contribution is 2.24. The average molecular weight is 383 g/mol. The molecule has 1 atom stereocenters. The van der Waals surface area contributed by atoms with Gasteiger partial charge in [0.25, 0.3) is 0 Å². The van der Waals surface area contributed by atoms with Crippen LogP contribution in [0, 0.1) is 11.3 Å². The summed E-state index contributed by atoms with van der Waals surface area (Å²) >= 11 is 0. The van der Waals surface area contributed by atoms with Crippen molar-refractivity contribution < 1.29 is 9.59 Å². The van der Waals surface area contributed by atoms with Gasteiger partial charge in [-0.1, -0.05) is 32.9 Å². The standard InChI is InChI=1S/C21H29N5O2/c1-15(16-5-7-18(8-6-16)26-14-22-13-23-26)24-19(27)17-9-11-25(12-10-17)20(28)21(2,3)4/h5-8,13-15,17H,9-12H2,1-4H3,(H,24,27)/t15-/m0/s1. The zero-order chi connectivity index (χ0) is 20.3. The van der Waals surface area contributed by atoms with E-state index in [0.717, 1.165) is 11.3 Å². The topological polar surface area (TPSA) is 80.1 Å². The Morgan fingerprint density at radius 3 is 2.32 bits per heavy atom. The van der Waals surface area contributed by atoms with Crippen LogP contribution in [0.1, 0.15) is 52.1 Å². The van der Waals surface area contributed by atoms with Crippen molar-refractivity contribution in [3.63, 3.8) is 0 Å². The Balaban J connectivity index is 1.53. The number of benzene rings is 1. The molecular formula is C21H29N5O2. The summed E-state index contributed by atoms with van der Waals surface area (Å²) in [6.07, 6.45) is 4.57. The van der Waals surface area contributed by atoms with E-state index in [-0.39, 0.29) is 29.2 Å². The van der Waals surface area contributed by atoms with Gasteiger partial charge in [0, 0.05) is 24.4 Å². The van der Waals surface area contributed by atoms with Crippen LogP contribution in [-0.2, 0) is 9.59 Å². The van der Waals surface area contributed by atoms with Crippen LogP contribution < -0.4 is 5.32 Å². The third kappa shape index (κ3) is 4.58. The van der Waals surface area contributed by atoms with Crippen LogP contribution in [0.15, 0.2) is 36.9 Å². The van der Waals surface area contributed by atoms with Gasteiger partial charge in [-0.15, -0.1) is 0 Å². The predicted octanol–water partition coefficient (Wildman–Crippen LogP) is 2.73. The highest BCUT2D eigenvalue weighted by Gasteiger charge is 2.32. The number of rotatable bonds is 4. The van der Waals surface area contributed by atoms with Crippen LogP contribution in [0.3, 0.4) is 0 Å². The number of aromatic nitrogens is 3. The van der Waals surface area contributed by atoms with Crippen molar-refractivity contribution in [1.29, 1.82) is 0 Å². The summed E-state index contributed by atoms with van der Waals surface area (Å²) in [5.74, 6) is 0.184. The van der Waals surface area contributed by atoms with E-state index < -0.39 is 0 Å². The Morgan fingerprint density at radius 1 is 1.14 bits per heavy atom. The van der Waals surface area contributed by atoms with Gasteiger partial charge in [0.2, 0.25) is 11.8 Å². The molecule has 2 heterocycles. The van der Waals surface area contributed by atoms with E-state index in [1.54, 1.807) is 11.0 Å². The van der Waals surface area contributed by atoms with Gasteiger partial charge in [0.05, 0.1) is 11.7 Å². The van der Waals surface area contributed by atoms with Crippen LogP contribution in [0.4, 0.5) is 0 Å². The first-order valence-electron chi connectivity index (χ1n) is 9.80. The van der Waals surface area contributed by atoms with Gasteiger partial charge in [0.1, 0.15) is 12.7 Å². The molecule has 1 aliphatic heterocycles. The normalized spacial score (nSPS) is 16.6. The van der Waals surface area contributed by atoms with Crippen LogP contribution in [0.5, 0.6) is 0 Å². The minimum Gasteiger partial charge on any atom is -0.349 e. The van der Waals surface area contributed by atoms with Gasteiger partial charge >= 0.3 is 0 Å². The molecule has 0 unspecified atom stereocenters. The highest BCUT2D eigenvalue weighted by molar-refractivity contribution is 5.82. The summed E-state index contributed by atoms with van der Waals surface area (Å²) in [7, 11) is 0. The zero-order valence-electron chi connectivity index (χ0n) is 17.1. The molecule has 7 nitrogen and oxygen atoms in total. The number of carbonyl (C=O) groups excluding carboxylic acids is 2. The van der Waals surface area contributed by atoms with Crippen molar-refractivity contribution in [2.24, 2.45) is 11.3 Å². The molecule has 1 saturated heterocycles. The van der Waals surface area contributed by atoms with Crippen molar-refractivity contribution in [3.8, 4) is 5.69 Å². The molecule has 28 heavy (non-hydrogen) atoms. The Bertz CT molecular complexity index is 800. The smallest absolute Gasteiger partial charge is 0.227 e. The van der Waals surface area contributed by atoms with E-state index >= 15 is 0 Å². The minimum absolute atomic E-state index is 0.0408. The summed E-state index contributed by atoms with van der Waals surface area (Å²) in [5.41, 5.74) is 1.59. The monoisotopic (exact) mass is 383 g/mol. The van der Waals surface area contributed by atoms with E-state index in [4.69, 9.17) is 0 Å². The van der Waals surface area contributed by atoms with Crippen molar-refractivity contribution in [2.75, 3.05) is 13.1 Å². The molecule has 150 valence electrons. The number of nitrogens with one attached hydrogen (secondary N) is 1. The third-order valence-corrected chi connectivity index (χ3v) is 5.23. The fraction of sp³-hybridized carbons (Fsp3) is 0.524. The molecule has 1 N–H and O–H groups in total. The molecule has 0 saturated carbocycles. The number of piperidine rings is 1. The van der Waals surface area contributed by atoms with Gasteiger partial charge in [-0.25, -0.2) is 9.67 Å². The Morgan fingerprint density at radius 2 is 1.79 bits per heavy atom. The first-order valence-corrected chi connectivity index (χ1v) is 9.80. The lowest BCUT2D eigenvalue weighted by atomic mass is 9.90. The molecule has 2 amide bonds. The van der Waals surface area contributed by atoms with E-state index in [1.165, 1.54) is 6.33 Å². The van der Waals surface area contributed by atoms with Gasteiger partial charge in [-0.2, -0.15) is 5.10 Å². The summed E-state index contributed by atoms with van der Waals surface area (Å²) < 4.78 is 1.69. The molecule has 0 radical (unpaired) electrons. The third-order valence-electron chi connectivity index (χ3n) is 5.23. The van der Waals surface area contributed by atoms with Gasteiger partial charge < -0.3 is 10.2 Å². The molecular weight excluding hydrogens is 354 g/mol. The summed E-state index contributed by atoms with van der Waals surface area (Å²) in [6.45, 7) is 9.09. The number of nitrogens with zero attached hydrogens (tertiary/aromatic N) is 4. The second-order valence-electron chi connectivity index (χ2n) is 8.48. The summed E-state index contributed by atoms with van der Waals surface area (Å²) in [5, 5.41) is 7.23. The molecule has 1 fully saturated rings. The predicted molar refractivity (Wildman–Crippen MR) is 107 cm³/mol. The second kappa shape index (κ2) is 8.12. The first kappa shape index (κ1) is 20.0. The average Bonchev–Trinajstić information content (AvgIpc) is 3.21. The molecule has 0 aliphatic carbocycles. The van der Waals surface area contributed by atoms with Crippen LogP contribution >= 0.6 is 0 Å². The van der Waals surface area contributed by atoms with Gasteiger partial charge in [0.15, 0.2) is 0 Å². The minimum atomic E-state index is -0.373. The Hall–Kier alpha value is -2.70. The molecule has 7 heteroatoms. The number of hydrogen-bond donors (Lipinski definition) is 1. The quantitative estimate of drug-likeness (QED) is 0.880. The lowest BCUT2D eigenvalue weighted by Gasteiger charge is -2.35. The van der Waals surface area contributed by atoms with Crippen molar-refractivity contribution >= 4 is 11.8 Å². The summed E-state index contributed by atoms with van der Waals surface area (Å²) in [6, 6.07) is 7.83. The lowest BCUT2D eigenvalue weighted by molar-refractivity contribution is -0.142. The fourth-order valence-corrected chi connectivity index (χ4v) is 3.49. The molecule has 3 rings (SSSR count). The molecule has 1 aromatic carbocycles. The fourth-order valence-electron chi connectivity index (χ4n) is 3.49. The number of hydrogen-bond acceptors (Lipinski definition) is 4. The Labute approximate surface area is 166 Å². The SMILES string of the molecule is C[C@H](NC(=O)C1CCN(C(=O)C(C)(C)C)CC1)c1ccc(-n2cncn2)cc1. The molecule has 0 spiro atoms. The highest BCUT2D eigenvalue weighted by atomic mass is 16.2. The maximum absolute atomic E-state index is 12.7. The van der Waals surface area contributed by atoms with E-state index in [1.807, 2.05) is 56.9 Å². The molecule has 1 aromatic heterocycles. The molecule has 2 aromatic rings. The Kier molecular flexibility index (Phi) is 5.82. The van der Waals surface area contributed by atoms with Crippen LogP contribution in [-0.4, -0.2) is 44.6 Å². The lowest BCUT2D eigenvalue weighted by Crippen LogP contribution is -2.46. The van der Waals surface area contributed by atoms with Crippen LogP contribution in [0.2, 0.25) is 0 Å². The van der Waals surface area contributed by atoms with E-state index in [0.29, 0.717) is 25.9 Å². The van der Waals surface area contributed by atoms with Gasteiger partial charge in [-0.05, 0) is 37.5 Å². The number of amides is 2. The van der Waals surface area contributed by atoms with Crippen molar-refractivity contribution in [3.05, 3.63) is 42.5 Å². The summed E-state index contributed by atoms with van der Waals surface area (Å²) in [4.78, 5) is 30.9. The number of likely N-dealkylation sites (tertiary alicyclic amines) is 1. The maximum atomic E-state index is 12.7. The van der Waals surface area contributed by atoms with Crippen LogP contribution in [0.25, 0.3) is 5.69 Å². The maximum Gasteiger partial charge on any atom is 0.227 e. The largest absolute Gasteiger partial charge is 0.349 e. The second-order valence-corrected chi connectivity index (χ2v) is 8.48. The van der Waals surface area contributed by atoms with Crippen molar-refractivity contribution in [1.82, 2.24) is 25.0 Å². The number of carbonyl (C=O) groups is 2. The van der Waals surface area contributed by atoms with Crippen molar-refractivity contribution in [2.45, 2.75) is 46.6 Å². The first-order chi connectivity index (χ1) is 13.3. The molecule has 1 aliphatic rings. The zero-order valence-corrected chi connectivity index (χ0v) is 17.1.